The lowest BCUT2D eigenvalue weighted by molar-refractivity contribution is -0.122. The van der Waals surface area contributed by atoms with E-state index in [1.165, 1.54) is 51.4 Å². The van der Waals surface area contributed by atoms with Gasteiger partial charge in [-0.3, -0.25) is 4.79 Å². The van der Waals surface area contributed by atoms with E-state index < -0.39 is 0 Å². The molecule has 1 aliphatic carbocycles. The van der Waals surface area contributed by atoms with Gasteiger partial charge in [-0.15, -0.1) is 0 Å². The van der Waals surface area contributed by atoms with Crippen molar-refractivity contribution in [1.82, 2.24) is 10.6 Å². The highest BCUT2D eigenvalue weighted by atomic mass is 16.1. The van der Waals surface area contributed by atoms with Crippen LogP contribution in [-0.2, 0) is 4.79 Å². The second kappa shape index (κ2) is 6.46. The maximum Gasteiger partial charge on any atom is 0.220 e. The fourth-order valence-electron chi connectivity index (χ4n) is 4.47. The summed E-state index contributed by atoms with van der Waals surface area (Å²) in [5.74, 6) is 2.56. The van der Waals surface area contributed by atoms with E-state index in [-0.39, 0.29) is 0 Å². The van der Waals surface area contributed by atoms with Gasteiger partial charge in [0.05, 0.1) is 0 Å². The van der Waals surface area contributed by atoms with Crippen LogP contribution in [0.3, 0.4) is 0 Å². The molecule has 3 fully saturated rings. The first-order valence-electron chi connectivity index (χ1n) is 8.71. The molecule has 2 bridgehead atoms. The zero-order valence-corrected chi connectivity index (χ0v) is 12.9. The van der Waals surface area contributed by atoms with Crippen LogP contribution in [0, 0.1) is 17.8 Å². The van der Waals surface area contributed by atoms with Gasteiger partial charge in [-0.2, -0.15) is 0 Å². The highest BCUT2D eigenvalue weighted by Crippen LogP contribution is 2.32. The maximum atomic E-state index is 12.1. The van der Waals surface area contributed by atoms with Gasteiger partial charge in [0.2, 0.25) is 5.91 Å². The van der Waals surface area contributed by atoms with Gasteiger partial charge < -0.3 is 10.6 Å². The maximum absolute atomic E-state index is 12.1. The van der Waals surface area contributed by atoms with Crippen molar-refractivity contribution >= 4 is 5.91 Å². The average molecular weight is 278 g/mol. The molecule has 3 rings (SSSR count). The van der Waals surface area contributed by atoms with Crippen molar-refractivity contribution in [1.29, 1.82) is 0 Å². The minimum atomic E-state index is 0.301. The number of hydrogen-bond acceptors (Lipinski definition) is 2. The zero-order chi connectivity index (χ0) is 13.9. The molecule has 2 unspecified atom stereocenters. The van der Waals surface area contributed by atoms with Gasteiger partial charge >= 0.3 is 0 Å². The van der Waals surface area contributed by atoms with Crippen molar-refractivity contribution in [3.05, 3.63) is 0 Å². The number of rotatable bonds is 4. The molecule has 2 atom stereocenters. The third-order valence-corrected chi connectivity index (χ3v) is 5.77. The normalized spacial score (nSPS) is 40.5. The Bertz CT molecular complexity index is 324. The molecule has 20 heavy (non-hydrogen) atoms. The Morgan fingerprint density at radius 1 is 1.00 bits per heavy atom. The number of amides is 1. The summed E-state index contributed by atoms with van der Waals surface area (Å²) in [6.07, 6.45) is 11.1. The third kappa shape index (κ3) is 3.75. The lowest BCUT2D eigenvalue weighted by Gasteiger charge is -2.29. The molecular weight excluding hydrogens is 248 g/mol. The standard InChI is InChI=1S/C17H30N2O/c1-12-2-4-13(5-3-12)11-18-17(20)10-14-8-15-6-7-16(9-14)19-15/h12-16,19H,2-11H2,1H3,(H,18,20). The molecule has 3 aliphatic rings. The Labute approximate surface area is 123 Å². The van der Waals surface area contributed by atoms with Crippen LogP contribution in [0.1, 0.15) is 64.7 Å². The van der Waals surface area contributed by atoms with Crippen LogP contribution in [0.4, 0.5) is 0 Å². The summed E-state index contributed by atoms with van der Waals surface area (Å²) in [6.45, 7) is 3.27. The van der Waals surface area contributed by atoms with E-state index in [1.54, 1.807) is 0 Å². The topological polar surface area (TPSA) is 41.1 Å². The summed E-state index contributed by atoms with van der Waals surface area (Å²) in [4.78, 5) is 12.1. The van der Waals surface area contributed by atoms with E-state index in [0.717, 1.165) is 24.8 Å². The van der Waals surface area contributed by atoms with Crippen molar-refractivity contribution in [3.63, 3.8) is 0 Å². The van der Waals surface area contributed by atoms with Gasteiger partial charge in [0.25, 0.3) is 0 Å². The first-order chi connectivity index (χ1) is 9.69. The summed E-state index contributed by atoms with van der Waals surface area (Å²) in [5, 5.41) is 6.85. The number of piperidine rings is 1. The van der Waals surface area contributed by atoms with E-state index in [2.05, 4.69) is 17.6 Å². The first kappa shape index (κ1) is 14.4. The Hall–Kier alpha value is -0.570. The summed E-state index contributed by atoms with van der Waals surface area (Å²) < 4.78 is 0. The average Bonchev–Trinajstić information content (AvgIpc) is 2.77. The van der Waals surface area contributed by atoms with Crippen molar-refractivity contribution in [3.8, 4) is 0 Å². The SMILES string of the molecule is CC1CCC(CNC(=O)CC2CC3CCC(C2)N3)CC1. The van der Waals surface area contributed by atoms with E-state index in [0.29, 0.717) is 23.9 Å². The lowest BCUT2D eigenvalue weighted by Crippen LogP contribution is -2.40. The monoisotopic (exact) mass is 278 g/mol. The van der Waals surface area contributed by atoms with Crippen LogP contribution in [0.2, 0.25) is 0 Å². The molecular formula is C17H30N2O. The van der Waals surface area contributed by atoms with Crippen molar-refractivity contribution in [2.45, 2.75) is 76.8 Å². The molecule has 114 valence electrons. The third-order valence-electron chi connectivity index (χ3n) is 5.77. The Morgan fingerprint density at radius 2 is 1.65 bits per heavy atom. The van der Waals surface area contributed by atoms with Crippen molar-refractivity contribution in [2.75, 3.05) is 6.54 Å². The quantitative estimate of drug-likeness (QED) is 0.830. The van der Waals surface area contributed by atoms with Crippen LogP contribution in [0.15, 0.2) is 0 Å². The smallest absolute Gasteiger partial charge is 0.220 e. The van der Waals surface area contributed by atoms with E-state index in [9.17, 15) is 4.79 Å². The van der Waals surface area contributed by atoms with Crippen LogP contribution < -0.4 is 10.6 Å². The molecule has 1 amide bonds. The molecule has 2 N–H and O–H groups in total. The van der Waals surface area contributed by atoms with Crippen LogP contribution in [-0.4, -0.2) is 24.5 Å². The molecule has 0 aromatic rings. The summed E-state index contributed by atoms with van der Waals surface area (Å²) in [5.41, 5.74) is 0. The van der Waals surface area contributed by atoms with Gasteiger partial charge in [0.1, 0.15) is 0 Å². The van der Waals surface area contributed by atoms with E-state index >= 15 is 0 Å². The predicted octanol–water partition coefficient (Wildman–Crippen LogP) is 2.85. The van der Waals surface area contributed by atoms with Gasteiger partial charge in [-0.05, 0) is 56.3 Å². The van der Waals surface area contributed by atoms with E-state index in [4.69, 9.17) is 0 Å². The van der Waals surface area contributed by atoms with Gasteiger partial charge in [0, 0.05) is 25.0 Å². The van der Waals surface area contributed by atoms with Gasteiger partial charge in [0.15, 0.2) is 0 Å². The zero-order valence-electron chi connectivity index (χ0n) is 12.9. The number of carbonyl (C=O) groups is 1. The molecule has 2 heterocycles. The molecule has 2 saturated heterocycles. The molecule has 3 nitrogen and oxygen atoms in total. The molecule has 2 aliphatic heterocycles. The molecule has 0 spiro atoms. The van der Waals surface area contributed by atoms with Crippen LogP contribution in [0.25, 0.3) is 0 Å². The highest BCUT2D eigenvalue weighted by molar-refractivity contribution is 5.76. The Morgan fingerprint density at radius 3 is 2.30 bits per heavy atom. The number of fused-ring (bicyclic) bond motifs is 2. The van der Waals surface area contributed by atoms with Crippen LogP contribution >= 0.6 is 0 Å². The molecule has 0 aromatic carbocycles. The number of carbonyl (C=O) groups excluding carboxylic acids is 1. The number of nitrogens with one attached hydrogen (secondary N) is 2. The summed E-state index contributed by atoms with van der Waals surface area (Å²) in [6, 6.07) is 1.40. The molecule has 0 aromatic heterocycles. The molecule has 0 radical (unpaired) electrons. The Balaban J connectivity index is 1.35. The fourth-order valence-corrected chi connectivity index (χ4v) is 4.47. The lowest BCUT2D eigenvalue weighted by atomic mass is 9.83. The second-order valence-corrected chi connectivity index (χ2v) is 7.61. The minimum absolute atomic E-state index is 0.301. The largest absolute Gasteiger partial charge is 0.356 e. The predicted molar refractivity (Wildman–Crippen MR) is 81.4 cm³/mol. The van der Waals surface area contributed by atoms with Gasteiger partial charge in [-0.1, -0.05) is 19.8 Å². The van der Waals surface area contributed by atoms with E-state index in [1.807, 2.05) is 0 Å². The minimum Gasteiger partial charge on any atom is -0.356 e. The van der Waals surface area contributed by atoms with Crippen LogP contribution in [0.5, 0.6) is 0 Å². The highest BCUT2D eigenvalue weighted by Gasteiger charge is 2.34. The summed E-state index contributed by atoms with van der Waals surface area (Å²) in [7, 11) is 0. The fraction of sp³-hybridized carbons (Fsp3) is 0.941. The van der Waals surface area contributed by atoms with Gasteiger partial charge in [-0.25, -0.2) is 0 Å². The summed E-state index contributed by atoms with van der Waals surface area (Å²) >= 11 is 0. The second-order valence-electron chi connectivity index (χ2n) is 7.61. The molecule has 1 saturated carbocycles. The molecule has 3 heteroatoms. The number of hydrogen-bond donors (Lipinski definition) is 2. The van der Waals surface area contributed by atoms with Crippen molar-refractivity contribution in [2.24, 2.45) is 17.8 Å². The van der Waals surface area contributed by atoms with Crippen molar-refractivity contribution < 1.29 is 4.79 Å². The first-order valence-corrected chi connectivity index (χ1v) is 8.71. The Kier molecular flexibility index (Phi) is 4.65.